The van der Waals surface area contributed by atoms with Crippen molar-refractivity contribution >= 4 is 33.4 Å². The molecule has 0 saturated carbocycles. The van der Waals surface area contributed by atoms with E-state index in [1.165, 1.54) is 48.4 Å². The number of hydrogen-bond donors (Lipinski definition) is 0. The van der Waals surface area contributed by atoms with Gasteiger partial charge in [-0.15, -0.1) is 11.8 Å². The van der Waals surface area contributed by atoms with E-state index >= 15 is 0 Å². The molecular weight excluding hydrogens is 375 g/mol. The van der Waals surface area contributed by atoms with Gasteiger partial charge in [0.2, 0.25) is 15.9 Å². The van der Waals surface area contributed by atoms with Gasteiger partial charge < -0.3 is 4.90 Å². The first kappa shape index (κ1) is 18.9. The second-order valence-electron chi connectivity index (χ2n) is 6.12. The van der Waals surface area contributed by atoms with Crippen molar-refractivity contribution in [3.63, 3.8) is 0 Å². The lowest BCUT2D eigenvalue weighted by Crippen LogP contribution is -2.30. The lowest BCUT2D eigenvalue weighted by Gasteiger charge is -2.18. The van der Waals surface area contributed by atoms with Gasteiger partial charge in [0.1, 0.15) is 5.82 Å². The Morgan fingerprint density at radius 1 is 1.19 bits per heavy atom. The SMILES string of the molecule is CN(C)S(=O)(=O)c1ccc2c(c1)CCN2C(=O)CSc1ccc(F)cc1. The fraction of sp³-hybridized carbons (Fsp3) is 0.278. The van der Waals surface area contributed by atoms with E-state index in [9.17, 15) is 17.6 Å². The van der Waals surface area contributed by atoms with Crippen LogP contribution in [0, 0.1) is 5.82 Å². The van der Waals surface area contributed by atoms with E-state index < -0.39 is 10.0 Å². The smallest absolute Gasteiger partial charge is 0.242 e. The molecule has 0 aromatic heterocycles. The van der Waals surface area contributed by atoms with Gasteiger partial charge in [-0.25, -0.2) is 17.1 Å². The maximum Gasteiger partial charge on any atom is 0.242 e. The molecule has 1 aliphatic heterocycles. The highest BCUT2D eigenvalue weighted by Gasteiger charge is 2.27. The Bertz CT molecular complexity index is 928. The van der Waals surface area contributed by atoms with Crippen LogP contribution in [0.5, 0.6) is 0 Å². The zero-order valence-corrected chi connectivity index (χ0v) is 16.1. The van der Waals surface area contributed by atoms with E-state index in [2.05, 4.69) is 0 Å². The second-order valence-corrected chi connectivity index (χ2v) is 9.32. The molecule has 3 rings (SSSR count). The van der Waals surface area contributed by atoms with Crippen LogP contribution in [0.1, 0.15) is 5.56 Å². The maximum atomic E-state index is 12.9. The molecule has 2 aromatic carbocycles. The van der Waals surface area contributed by atoms with Gasteiger partial charge in [0.05, 0.1) is 10.6 Å². The average Bonchev–Trinajstić information content (AvgIpc) is 3.04. The summed E-state index contributed by atoms with van der Waals surface area (Å²) in [4.78, 5) is 15.3. The first-order valence-electron chi connectivity index (χ1n) is 8.03. The average molecular weight is 394 g/mol. The van der Waals surface area contributed by atoms with E-state index in [1.54, 1.807) is 29.2 Å². The van der Waals surface area contributed by atoms with Crippen molar-refractivity contribution in [2.45, 2.75) is 16.2 Å². The molecule has 0 aliphatic carbocycles. The molecule has 0 fully saturated rings. The molecular formula is C18H19FN2O3S2. The summed E-state index contributed by atoms with van der Waals surface area (Å²) >= 11 is 1.35. The minimum atomic E-state index is -3.49. The minimum absolute atomic E-state index is 0.0544. The van der Waals surface area contributed by atoms with Gasteiger partial charge in [-0.2, -0.15) is 0 Å². The molecule has 0 N–H and O–H groups in total. The Balaban J connectivity index is 1.73. The fourth-order valence-corrected chi connectivity index (χ4v) is 4.49. The van der Waals surface area contributed by atoms with Crippen LogP contribution in [-0.2, 0) is 21.2 Å². The number of anilines is 1. The fourth-order valence-electron chi connectivity index (χ4n) is 2.76. The predicted molar refractivity (Wildman–Crippen MR) is 100 cm³/mol. The number of nitrogens with zero attached hydrogens (tertiary/aromatic N) is 2. The third-order valence-electron chi connectivity index (χ3n) is 4.20. The van der Waals surface area contributed by atoms with Crippen LogP contribution in [0.2, 0.25) is 0 Å². The highest BCUT2D eigenvalue weighted by atomic mass is 32.2. The van der Waals surface area contributed by atoms with E-state index in [-0.39, 0.29) is 22.4 Å². The number of amides is 1. The molecule has 1 amide bonds. The van der Waals surface area contributed by atoms with E-state index in [0.29, 0.717) is 13.0 Å². The molecule has 8 heteroatoms. The lowest BCUT2D eigenvalue weighted by molar-refractivity contribution is -0.116. The largest absolute Gasteiger partial charge is 0.311 e. The standard InChI is InChI=1S/C18H19FN2O3S2/c1-20(2)26(23,24)16-7-8-17-13(11-16)9-10-21(17)18(22)12-25-15-5-3-14(19)4-6-15/h3-8,11H,9-10,12H2,1-2H3. The van der Waals surface area contributed by atoms with Gasteiger partial charge in [-0.05, 0) is 54.4 Å². The van der Waals surface area contributed by atoms with E-state index in [0.717, 1.165) is 16.1 Å². The Kier molecular flexibility index (Phi) is 5.36. The number of fused-ring (bicyclic) bond motifs is 1. The van der Waals surface area contributed by atoms with Crippen LogP contribution in [0.25, 0.3) is 0 Å². The molecule has 1 aliphatic rings. The number of rotatable bonds is 5. The second kappa shape index (κ2) is 7.38. The number of benzene rings is 2. The van der Waals surface area contributed by atoms with Gasteiger partial charge in [0, 0.05) is 31.2 Å². The molecule has 0 radical (unpaired) electrons. The monoisotopic (exact) mass is 394 g/mol. The van der Waals surface area contributed by atoms with Crippen molar-refractivity contribution in [2.75, 3.05) is 31.3 Å². The Labute approximate surface area is 156 Å². The number of hydrogen-bond acceptors (Lipinski definition) is 4. The van der Waals surface area contributed by atoms with Gasteiger partial charge in [0.25, 0.3) is 0 Å². The molecule has 0 atom stereocenters. The summed E-state index contributed by atoms with van der Waals surface area (Å²) < 4.78 is 38.6. The van der Waals surface area contributed by atoms with Crippen LogP contribution in [0.4, 0.5) is 10.1 Å². The van der Waals surface area contributed by atoms with Crippen LogP contribution in [-0.4, -0.2) is 45.0 Å². The van der Waals surface area contributed by atoms with Crippen LogP contribution in [0.15, 0.2) is 52.3 Å². The van der Waals surface area contributed by atoms with Crippen molar-refractivity contribution in [1.82, 2.24) is 4.31 Å². The molecule has 0 bridgehead atoms. The van der Waals surface area contributed by atoms with Gasteiger partial charge in [0.15, 0.2) is 0 Å². The van der Waals surface area contributed by atoms with Crippen LogP contribution < -0.4 is 4.90 Å². The summed E-state index contributed by atoms with van der Waals surface area (Å²) in [6.07, 6.45) is 0.624. The molecule has 2 aromatic rings. The normalized spacial score (nSPS) is 13.9. The molecule has 5 nitrogen and oxygen atoms in total. The molecule has 1 heterocycles. The lowest BCUT2D eigenvalue weighted by atomic mass is 10.2. The highest BCUT2D eigenvalue weighted by molar-refractivity contribution is 8.00. The first-order chi connectivity index (χ1) is 12.3. The van der Waals surface area contributed by atoms with E-state index in [1.807, 2.05) is 0 Å². The zero-order chi connectivity index (χ0) is 18.9. The Morgan fingerprint density at radius 3 is 2.54 bits per heavy atom. The number of sulfonamides is 1. The molecule has 26 heavy (non-hydrogen) atoms. The number of carbonyl (C=O) groups excluding carboxylic acids is 1. The van der Waals surface area contributed by atoms with Gasteiger partial charge in [-0.1, -0.05) is 0 Å². The summed E-state index contributed by atoms with van der Waals surface area (Å²) in [5.41, 5.74) is 1.61. The molecule has 0 spiro atoms. The van der Waals surface area contributed by atoms with Crippen molar-refractivity contribution in [1.29, 1.82) is 0 Å². The van der Waals surface area contributed by atoms with Crippen LogP contribution in [0.3, 0.4) is 0 Å². The summed E-state index contributed by atoms with van der Waals surface area (Å²) in [7, 11) is -0.509. The van der Waals surface area contributed by atoms with Crippen molar-refractivity contribution < 1.29 is 17.6 Å². The topological polar surface area (TPSA) is 57.7 Å². The van der Waals surface area contributed by atoms with Gasteiger partial charge in [-0.3, -0.25) is 4.79 Å². The predicted octanol–water partition coefficient (Wildman–Crippen LogP) is 2.76. The molecule has 138 valence electrons. The van der Waals surface area contributed by atoms with Crippen LogP contribution >= 0.6 is 11.8 Å². The first-order valence-corrected chi connectivity index (χ1v) is 10.5. The zero-order valence-electron chi connectivity index (χ0n) is 14.5. The minimum Gasteiger partial charge on any atom is -0.311 e. The third-order valence-corrected chi connectivity index (χ3v) is 7.01. The molecule has 0 unspecified atom stereocenters. The van der Waals surface area contributed by atoms with Gasteiger partial charge >= 0.3 is 0 Å². The highest BCUT2D eigenvalue weighted by Crippen LogP contribution is 2.31. The summed E-state index contributed by atoms with van der Waals surface area (Å²) in [5, 5.41) is 0. The van der Waals surface area contributed by atoms with Crippen molar-refractivity contribution in [2.24, 2.45) is 0 Å². The third kappa shape index (κ3) is 3.77. The summed E-state index contributed by atoms with van der Waals surface area (Å²) in [5.74, 6) is -0.123. The van der Waals surface area contributed by atoms with Crippen molar-refractivity contribution in [3.8, 4) is 0 Å². The Morgan fingerprint density at radius 2 is 1.88 bits per heavy atom. The number of carbonyl (C=O) groups is 1. The number of thioether (sulfide) groups is 1. The Hall–Kier alpha value is -1.90. The number of halogens is 1. The summed E-state index contributed by atoms with van der Waals surface area (Å²) in [6.45, 7) is 0.531. The maximum absolute atomic E-state index is 12.9. The van der Waals surface area contributed by atoms with E-state index in [4.69, 9.17) is 0 Å². The van der Waals surface area contributed by atoms with Crippen molar-refractivity contribution in [3.05, 3.63) is 53.8 Å². The summed E-state index contributed by atoms with van der Waals surface area (Å²) in [6, 6.07) is 10.9. The molecule has 0 saturated heterocycles. The quantitative estimate of drug-likeness (QED) is 0.732.